The molecule has 0 saturated heterocycles. The van der Waals surface area contributed by atoms with Gasteiger partial charge in [-0.05, 0) is 11.8 Å². The average molecular weight is 243 g/mol. The number of carboxylic acids is 1. The van der Waals surface area contributed by atoms with Crippen molar-refractivity contribution in [1.29, 1.82) is 0 Å². The second kappa shape index (κ2) is 7.04. The topological polar surface area (TPSA) is 83.5 Å². The highest BCUT2D eigenvalue weighted by atomic mass is 16.4. The molecular weight excluding hydrogens is 222 g/mol. The highest BCUT2D eigenvalue weighted by Gasteiger charge is 2.16. The summed E-state index contributed by atoms with van der Waals surface area (Å²) in [5.74, 6) is -1.19. The van der Waals surface area contributed by atoms with Gasteiger partial charge in [0.25, 0.3) is 0 Å². The van der Waals surface area contributed by atoms with E-state index in [1.54, 1.807) is 0 Å². The van der Waals surface area contributed by atoms with E-state index in [4.69, 9.17) is 5.11 Å². The van der Waals surface area contributed by atoms with Crippen LogP contribution in [0.1, 0.15) is 46.5 Å². The Balaban J connectivity index is 3.70. The predicted molar refractivity (Wildman–Crippen MR) is 63.6 cm³/mol. The lowest BCUT2D eigenvalue weighted by molar-refractivity contribution is -0.137. The number of carbonyl (C=O) groups excluding carboxylic acids is 2. The highest BCUT2D eigenvalue weighted by molar-refractivity contribution is 5.86. The van der Waals surface area contributed by atoms with Gasteiger partial charge < -0.3 is 10.4 Å². The molecule has 0 fully saturated rings. The third-order valence-electron chi connectivity index (χ3n) is 2.02. The van der Waals surface area contributed by atoms with E-state index in [-0.39, 0.29) is 36.5 Å². The molecule has 0 saturated carbocycles. The van der Waals surface area contributed by atoms with Crippen LogP contribution >= 0.6 is 0 Å². The molecule has 0 aliphatic heterocycles. The quantitative estimate of drug-likeness (QED) is 0.707. The molecule has 17 heavy (non-hydrogen) atoms. The average Bonchev–Trinajstić information content (AvgIpc) is 2.11. The first-order valence-electron chi connectivity index (χ1n) is 5.71. The van der Waals surface area contributed by atoms with Crippen LogP contribution in [0, 0.1) is 5.41 Å². The Labute approximate surface area is 102 Å². The largest absolute Gasteiger partial charge is 0.481 e. The van der Waals surface area contributed by atoms with Crippen molar-refractivity contribution in [2.75, 3.05) is 6.54 Å². The Bertz CT molecular complexity index is 291. The summed E-state index contributed by atoms with van der Waals surface area (Å²) >= 11 is 0. The van der Waals surface area contributed by atoms with Crippen LogP contribution in [0.4, 0.5) is 0 Å². The zero-order valence-corrected chi connectivity index (χ0v) is 10.7. The fraction of sp³-hybridized carbons (Fsp3) is 0.750. The Morgan fingerprint density at radius 2 is 1.71 bits per heavy atom. The van der Waals surface area contributed by atoms with Gasteiger partial charge in [0, 0.05) is 19.3 Å². The second-order valence-electron chi connectivity index (χ2n) is 5.30. The number of nitrogens with one attached hydrogen (secondary N) is 1. The number of rotatable bonds is 7. The van der Waals surface area contributed by atoms with Crippen molar-refractivity contribution in [2.24, 2.45) is 5.41 Å². The van der Waals surface area contributed by atoms with Crippen molar-refractivity contribution in [3.05, 3.63) is 0 Å². The molecule has 0 aliphatic carbocycles. The monoisotopic (exact) mass is 243 g/mol. The summed E-state index contributed by atoms with van der Waals surface area (Å²) < 4.78 is 0. The number of hydrogen-bond acceptors (Lipinski definition) is 3. The van der Waals surface area contributed by atoms with Crippen LogP contribution in [0.15, 0.2) is 0 Å². The number of carboxylic acid groups (broad SMARTS) is 1. The maximum absolute atomic E-state index is 11.4. The zero-order chi connectivity index (χ0) is 13.5. The molecule has 5 heteroatoms. The third-order valence-corrected chi connectivity index (χ3v) is 2.02. The van der Waals surface area contributed by atoms with E-state index in [9.17, 15) is 14.4 Å². The van der Waals surface area contributed by atoms with Crippen LogP contribution in [0.25, 0.3) is 0 Å². The Morgan fingerprint density at radius 1 is 1.12 bits per heavy atom. The lowest BCUT2D eigenvalue weighted by Crippen LogP contribution is -2.32. The van der Waals surface area contributed by atoms with E-state index in [1.165, 1.54) is 0 Å². The standard InChI is InChI=1S/C12H21NO4/c1-12(2,3)7-10(15)13-8-9(14)5-4-6-11(16)17/h4-8H2,1-3H3,(H,13,15)(H,16,17). The van der Waals surface area contributed by atoms with E-state index >= 15 is 0 Å². The van der Waals surface area contributed by atoms with Gasteiger partial charge in [-0.3, -0.25) is 14.4 Å². The smallest absolute Gasteiger partial charge is 0.303 e. The molecule has 0 bridgehead atoms. The van der Waals surface area contributed by atoms with Gasteiger partial charge in [0.15, 0.2) is 5.78 Å². The van der Waals surface area contributed by atoms with Crippen molar-refractivity contribution < 1.29 is 19.5 Å². The summed E-state index contributed by atoms with van der Waals surface area (Å²) in [7, 11) is 0. The van der Waals surface area contributed by atoms with Crippen LogP contribution in [0.2, 0.25) is 0 Å². The van der Waals surface area contributed by atoms with E-state index in [1.807, 2.05) is 20.8 Å². The maximum Gasteiger partial charge on any atom is 0.303 e. The summed E-state index contributed by atoms with van der Waals surface area (Å²) in [5.41, 5.74) is -0.101. The number of carbonyl (C=O) groups is 3. The molecule has 2 N–H and O–H groups in total. The minimum atomic E-state index is -0.908. The fourth-order valence-electron chi connectivity index (χ4n) is 1.27. The minimum Gasteiger partial charge on any atom is -0.481 e. The van der Waals surface area contributed by atoms with Gasteiger partial charge in [-0.1, -0.05) is 20.8 Å². The first kappa shape index (κ1) is 15.6. The molecule has 0 aliphatic rings. The predicted octanol–water partition coefficient (Wildman–Crippen LogP) is 1.36. The molecule has 0 spiro atoms. The summed E-state index contributed by atoms with van der Waals surface area (Å²) in [5, 5.41) is 10.9. The lowest BCUT2D eigenvalue weighted by atomic mass is 9.92. The Hall–Kier alpha value is -1.39. The van der Waals surface area contributed by atoms with Gasteiger partial charge >= 0.3 is 5.97 Å². The van der Waals surface area contributed by atoms with Crippen molar-refractivity contribution in [1.82, 2.24) is 5.32 Å². The molecule has 0 aromatic heterocycles. The van der Waals surface area contributed by atoms with Crippen LogP contribution in [-0.2, 0) is 14.4 Å². The second-order valence-corrected chi connectivity index (χ2v) is 5.30. The minimum absolute atomic E-state index is 0.00542. The van der Waals surface area contributed by atoms with Crippen molar-refractivity contribution in [3.8, 4) is 0 Å². The zero-order valence-electron chi connectivity index (χ0n) is 10.7. The molecule has 0 unspecified atom stereocenters. The van der Waals surface area contributed by atoms with E-state index in [0.717, 1.165) is 0 Å². The molecule has 0 rings (SSSR count). The Kier molecular flexibility index (Phi) is 6.46. The number of Topliss-reactive ketones (excluding diaryl/α,β-unsaturated/α-hetero) is 1. The molecule has 0 aromatic carbocycles. The molecular formula is C12H21NO4. The molecule has 0 aromatic rings. The number of ketones is 1. The van der Waals surface area contributed by atoms with Gasteiger partial charge in [-0.2, -0.15) is 0 Å². The fourth-order valence-corrected chi connectivity index (χ4v) is 1.27. The van der Waals surface area contributed by atoms with Crippen molar-refractivity contribution >= 4 is 17.7 Å². The van der Waals surface area contributed by atoms with Gasteiger partial charge in [0.2, 0.25) is 5.91 Å². The number of hydrogen-bond donors (Lipinski definition) is 2. The summed E-state index contributed by atoms with van der Waals surface area (Å²) in [6, 6.07) is 0. The van der Waals surface area contributed by atoms with Gasteiger partial charge in [0.05, 0.1) is 6.54 Å². The first-order chi connectivity index (χ1) is 7.70. The number of aliphatic carboxylic acids is 1. The first-order valence-corrected chi connectivity index (χ1v) is 5.71. The Morgan fingerprint density at radius 3 is 2.18 bits per heavy atom. The summed E-state index contributed by atoms with van der Waals surface area (Å²) in [6.45, 7) is 5.83. The SMILES string of the molecule is CC(C)(C)CC(=O)NCC(=O)CCCC(=O)O. The third kappa shape index (κ3) is 10.9. The lowest BCUT2D eigenvalue weighted by Gasteiger charge is -2.16. The van der Waals surface area contributed by atoms with Crippen molar-refractivity contribution in [2.45, 2.75) is 46.5 Å². The summed E-state index contributed by atoms with van der Waals surface area (Å²) in [4.78, 5) is 32.9. The van der Waals surface area contributed by atoms with Gasteiger partial charge in [-0.25, -0.2) is 0 Å². The number of amides is 1. The van der Waals surface area contributed by atoms with E-state index < -0.39 is 5.97 Å². The van der Waals surface area contributed by atoms with E-state index in [2.05, 4.69) is 5.32 Å². The molecule has 98 valence electrons. The molecule has 0 radical (unpaired) electrons. The normalized spacial score (nSPS) is 11.0. The summed E-state index contributed by atoms with van der Waals surface area (Å²) in [6.07, 6.45) is 0.877. The maximum atomic E-state index is 11.4. The molecule has 0 heterocycles. The molecule has 0 atom stereocenters. The molecule has 5 nitrogen and oxygen atoms in total. The van der Waals surface area contributed by atoms with Crippen LogP contribution in [-0.4, -0.2) is 29.3 Å². The molecule has 1 amide bonds. The van der Waals surface area contributed by atoms with E-state index in [0.29, 0.717) is 12.8 Å². The van der Waals surface area contributed by atoms with Crippen LogP contribution < -0.4 is 5.32 Å². The van der Waals surface area contributed by atoms with Crippen LogP contribution in [0.3, 0.4) is 0 Å². The van der Waals surface area contributed by atoms with Gasteiger partial charge in [0.1, 0.15) is 0 Å². The highest BCUT2D eigenvalue weighted by Crippen LogP contribution is 2.17. The van der Waals surface area contributed by atoms with Crippen molar-refractivity contribution in [3.63, 3.8) is 0 Å². The van der Waals surface area contributed by atoms with Gasteiger partial charge in [-0.15, -0.1) is 0 Å². The van der Waals surface area contributed by atoms with Crippen LogP contribution in [0.5, 0.6) is 0 Å².